The minimum Gasteiger partial charge on any atom is -0.497 e. The van der Waals surface area contributed by atoms with E-state index in [1.54, 1.807) is 19.1 Å². The molecule has 0 aliphatic rings. The van der Waals surface area contributed by atoms with Gasteiger partial charge in [0.25, 0.3) is 0 Å². The molecule has 3 heteroatoms. The fourth-order valence-corrected chi connectivity index (χ4v) is 0.461. The third-order valence-corrected chi connectivity index (χ3v) is 0.832. The first-order valence-electron chi connectivity index (χ1n) is 2.82. The van der Waals surface area contributed by atoms with E-state index in [1.807, 2.05) is 0 Å². The van der Waals surface area contributed by atoms with Gasteiger partial charge in [0.15, 0.2) is 0 Å². The van der Waals surface area contributed by atoms with Crippen LogP contribution in [0.25, 0.3) is 0 Å². The molecule has 56 valence electrons. The van der Waals surface area contributed by atoms with Crippen molar-refractivity contribution in [3.8, 4) is 0 Å². The Morgan fingerprint density at radius 1 is 1.60 bits per heavy atom. The number of carboxylic acids is 1. The van der Waals surface area contributed by atoms with Gasteiger partial charge in [-0.1, -0.05) is 6.08 Å². The summed E-state index contributed by atoms with van der Waals surface area (Å²) >= 11 is 0. The molecule has 0 aromatic carbocycles. The number of aliphatic carboxylic acids is 1. The molecule has 0 aromatic rings. The van der Waals surface area contributed by atoms with Gasteiger partial charge in [-0.05, 0) is 13.0 Å². The quantitative estimate of drug-likeness (QED) is 0.365. The van der Waals surface area contributed by atoms with Gasteiger partial charge in [-0.25, -0.2) is 4.79 Å². The van der Waals surface area contributed by atoms with Crippen molar-refractivity contribution in [1.29, 1.82) is 0 Å². The lowest BCUT2D eigenvalue weighted by molar-refractivity contribution is -0.131. The van der Waals surface area contributed by atoms with E-state index in [1.165, 1.54) is 7.11 Å². The highest BCUT2D eigenvalue weighted by Gasteiger charge is 1.92. The van der Waals surface area contributed by atoms with Crippen LogP contribution in [0.15, 0.2) is 24.0 Å². The fraction of sp³-hybridized carbons (Fsp3) is 0.286. The van der Waals surface area contributed by atoms with Crippen LogP contribution >= 0.6 is 0 Å². The molecule has 0 bridgehead atoms. The summed E-state index contributed by atoms with van der Waals surface area (Å²) in [5, 5.41) is 8.25. The largest absolute Gasteiger partial charge is 0.497 e. The highest BCUT2D eigenvalue weighted by Crippen LogP contribution is 1.96. The van der Waals surface area contributed by atoms with Crippen molar-refractivity contribution in [1.82, 2.24) is 0 Å². The summed E-state index contributed by atoms with van der Waals surface area (Å²) in [6.45, 7) is 1.79. The summed E-state index contributed by atoms with van der Waals surface area (Å²) in [4.78, 5) is 10.1. The molecular formula is C7H10O3. The Morgan fingerprint density at radius 2 is 2.20 bits per heavy atom. The first kappa shape index (κ1) is 8.75. The van der Waals surface area contributed by atoms with Crippen LogP contribution in [-0.2, 0) is 9.53 Å². The molecule has 0 amide bonds. The smallest absolute Gasteiger partial charge is 0.332 e. The first-order chi connectivity index (χ1) is 4.70. The lowest BCUT2D eigenvalue weighted by atomic mass is 10.4. The zero-order valence-corrected chi connectivity index (χ0v) is 6.00. The minimum atomic E-state index is -1.00. The van der Waals surface area contributed by atoms with Crippen LogP contribution in [0.5, 0.6) is 0 Å². The van der Waals surface area contributed by atoms with E-state index < -0.39 is 5.97 Å². The van der Waals surface area contributed by atoms with Crippen LogP contribution in [0.1, 0.15) is 6.92 Å². The summed E-state index contributed by atoms with van der Waals surface area (Å²) in [5.74, 6) is -0.662. The number of hydrogen-bond acceptors (Lipinski definition) is 2. The number of ether oxygens (including phenoxy) is 1. The van der Waals surface area contributed by atoms with Crippen molar-refractivity contribution >= 4 is 5.97 Å². The van der Waals surface area contributed by atoms with Gasteiger partial charge < -0.3 is 9.84 Å². The molecule has 0 fully saturated rings. The molecule has 0 heterocycles. The Morgan fingerprint density at radius 3 is 2.50 bits per heavy atom. The van der Waals surface area contributed by atoms with E-state index in [0.29, 0.717) is 5.76 Å². The topological polar surface area (TPSA) is 46.5 Å². The maximum atomic E-state index is 10.1. The number of carboxylic acid groups (broad SMARTS) is 1. The molecule has 0 aromatic heterocycles. The average molecular weight is 142 g/mol. The van der Waals surface area contributed by atoms with Gasteiger partial charge >= 0.3 is 5.97 Å². The molecule has 0 aliphatic heterocycles. The van der Waals surface area contributed by atoms with Gasteiger partial charge in [0.1, 0.15) is 5.76 Å². The lowest BCUT2D eigenvalue weighted by Crippen LogP contribution is -1.91. The molecule has 0 spiro atoms. The second-order valence-electron chi connectivity index (χ2n) is 1.59. The van der Waals surface area contributed by atoms with E-state index >= 15 is 0 Å². The highest BCUT2D eigenvalue weighted by atomic mass is 16.5. The molecule has 1 N–H and O–H groups in total. The normalized spacial score (nSPS) is 12.0. The number of carbonyl (C=O) groups is 1. The molecule has 0 unspecified atom stereocenters. The van der Waals surface area contributed by atoms with Crippen LogP contribution < -0.4 is 0 Å². The third-order valence-electron chi connectivity index (χ3n) is 0.832. The number of methoxy groups -OCH3 is 1. The van der Waals surface area contributed by atoms with E-state index in [4.69, 9.17) is 9.84 Å². The maximum absolute atomic E-state index is 10.1. The van der Waals surface area contributed by atoms with Gasteiger partial charge in [-0.2, -0.15) is 0 Å². The summed E-state index contributed by atoms with van der Waals surface area (Å²) in [7, 11) is 1.43. The van der Waals surface area contributed by atoms with Gasteiger partial charge in [0.05, 0.1) is 13.2 Å². The molecule has 3 nitrogen and oxygen atoms in total. The lowest BCUT2D eigenvalue weighted by Gasteiger charge is -1.95. The minimum absolute atomic E-state index is 0.343. The van der Waals surface area contributed by atoms with E-state index in [9.17, 15) is 4.79 Å². The summed E-state index contributed by atoms with van der Waals surface area (Å²) < 4.78 is 4.70. The zero-order valence-electron chi connectivity index (χ0n) is 6.00. The van der Waals surface area contributed by atoms with Crippen molar-refractivity contribution in [2.75, 3.05) is 7.11 Å². The van der Waals surface area contributed by atoms with E-state index in [2.05, 4.69) is 0 Å². The van der Waals surface area contributed by atoms with Gasteiger partial charge in [-0.15, -0.1) is 0 Å². The predicted octanol–water partition coefficient (Wildman–Crippen LogP) is 1.18. The fourth-order valence-electron chi connectivity index (χ4n) is 0.461. The molecule has 0 aliphatic carbocycles. The number of hydrogen-bond donors (Lipinski definition) is 1. The van der Waals surface area contributed by atoms with Crippen LogP contribution in [0.3, 0.4) is 0 Å². The molecule has 0 atom stereocenters. The monoisotopic (exact) mass is 142 g/mol. The van der Waals surface area contributed by atoms with Crippen LogP contribution in [0.4, 0.5) is 0 Å². The van der Waals surface area contributed by atoms with Crippen molar-refractivity contribution < 1.29 is 14.6 Å². The van der Waals surface area contributed by atoms with Crippen molar-refractivity contribution in [2.45, 2.75) is 6.92 Å². The van der Waals surface area contributed by atoms with Crippen LogP contribution in [-0.4, -0.2) is 18.2 Å². The summed E-state index contributed by atoms with van der Waals surface area (Å²) in [6, 6.07) is 0. The molecule has 0 radical (unpaired) electrons. The molecule has 0 saturated carbocycles. The molecule has 10 heavy (non-hydrogen) atoms. The maximum Gasteiger partial charge on any atom is 0.332 e. The third kappa shape index (κ3) is 3.72. The van der Waals surface area contributed by atoms with Gasteiger partial charge in [-0.3, -0.25) is 0 Å². The highest BCUT2D eigenvalue weighted by molar-refractivity contribution is 5.80. The van der Waals surface area contributed by atoms with Crippen LogP contribution in [0, 0.1) is 0 Å². The Labute approximate surface area is 59.6 Å². The second kappa shape index (κ2) is 4.61. The molecule has 0 rings (SSSR count). The first-order valence-corrected chi connectivity index (χ1v) is 2.82. The standard InChI is InChI=1S/C7H10O3/c1-3-4-6(10-2)5-7(8)9/h3-5H,1-2H3,(H,8,9)/b4-3+,6-5+. The van der Waals surface area contributed by atoms with Gasteiger partial charge in [0, 0.05) is 0 Å². The number of rotatable bonds is 3. The predicted molar refractivity (Wildman–Crippen MR) is 37.5 cm³/mol. The Balaban J connectivity index is 4.18. The molecule has 0 saturated heterocycles. The Hall–Kier alpha value is -1.25. The van der Waals surface area contributed by atoms with Crippen molar-refractivity contribution in [3.05, 3.63) is 24.0 Å². The zero-order chi connectivity index (χ0) is 7.98. The summed E-state index contributed by atoms with van der Waals surface area (Å²) in [6.07, 6.45) is 4.28. The summed E-state index contributed by atoms with van der Waals surface area (Å²) in [5.41, 5.74) is 0. The Bertz CT molecular complexity index is 168. The van der Waals surface area contributed by atoms with Gasteiger partial charge in [0.2, 0.25) is 0 Å². The second-order valence-corrected chi connectivity index (χ2v) is 1.59. The average Bonchev–Trinajstić information content (AvgIpc) is 1.86. The van der Waals surface area contributed by atoms with Crippen molar-refractivity contribution in [2.24, 2.45) is 0 Å². The van der Waals surface area contributed by atoms with E-state index in [0.717, 1.165) is 6.08 Å². The SMILES string of the molecule is C/C=C/C(=C\C(=O)O)OC. The van der Waals surface area contributed by atoms with Crippen LogP contribution in [0.2, 0.25) is 0 Å². The van der Waals surface area contributed by atoms with E-state index in [-0.39, 0.29) is 0 Å². The van der Waals surface area contributed by atoms with Crippen molar-refractivity contribution in [3.63, 3.8) is 0 Å². The molecular weight excluding hydrogens is 132 g/mol. The number of allylic oxidation sites excluding steroid dienone is 2. The Kier molecular flexibility index (Phi) is 4.04.